The second-order valence-electron chi connectivity index (χ2n) is 7.42. The Kier molecular flexibility index (Phi) is 5.65. The van der Waals surface area contributed by atoms with Crippen molar-refractivity contribution in [1.82, 2.24) is 18.7 Å². The van der Waals surface area contributed by atoms with Crippen molar-refractivity contribution in [2.45, 2.75) is 18.6 Å². The average molecular weight is 435 g/mol. The van der Waals surface area contributed by atoms with E-state index < -0.39 is 11.2 Å². The van der Waals surface area contributed by atoms with Crippen molar-refractivity contribution in [1.29, 1.82) is 0 Å². The van der Waals surface area contributed by atoms with Crippen LogP contribution in [-0.2, 0) is 20.6 Å². The lowest BCUT2D eigenvalue weighted by atomic mass is 10.1. The molecule has 0 saturated carbocycles. The van der Waals surface area contributed by atoms with Crippen molar-refractivity contribution in [3.8, 4) is 0 Å². The Morgan fingerprint density at radius 2 is 1.65 bits per heavy atom. The Morgan fingerprint density at radius 3 is 2.32 bits per heavy atom. The predicted molar refractivity (Wildman–Crippen MR) is 122 cm³/mol. The fourth-order valence-electron chi connectivity index (χ4n) is 3.41. The fourth-order valence-corrected chi connectivity index (χ4v) is 4.27. The molecule has 0 aliphatic carbocycles. The second-order valence-corrected chi connectivity index (χ2v) is 8.36. The number of imidazole rings is 1. The number of hydrogen-bond acceptors (Lipinski definition) is 5. The lowest BCUT2D eigenvalue weighted by Crippen LogP contribution is -2.39. The van der Waals surface area contributed by atoms with Gasteiger partial charge in [0.15, 0.2) is 22.1 Å². The van der Waals surface area contributed by atoms with Gasteiger partial charge in [-0.2, -0.15) is 0 Å². The van der Waals surface area contributed by atoms with Gasteiger partial charge in [-0.25, -0.2) is 9.78 Å². The molecule has 4 aromatic rings. The van der Waals surface area contributed by atoms with Crippen LogP contribution in [0.5, 0.6) is 0 Å². The minimum atomic E-state index is -0.423. The normalized spacial score (nSPS) is 11.2. The van der Waals surface area contributed by atoms with Gasteiger partial charge in [-0.1, -0.05) is 71.9 Å². The summed E-state index contributed by atoms with van der Waals surface area (Å²) in [6.07, 6.45) is 0. The summed E-state index contributed by atoms with van der Waals surface area (Å²) in [6, 6.07) is 16.8. The summed E-state index contributed by atoms with van der Waals surface area (Å²) in [5, 5.41) is 0.513. The van der Waals surface area contributed by atoms with Gasteiger partial charge in [-0.15, -0.1) is 0 Å². The molecular weight excluding hydrogens is 412 g/mol. The highest BCUT2D eigenvalue weighted by atomic mass is 32.2. The molecule has 0 radical (unpaired) electrons. The molecular formula is C23H22N4O3S. The van der Waals surface area contributed by atoms with E-state index in [1.807, 2.05) is 49.4 Å². The average Bonchev–Trinajstić information content (AvgIpc) is 3.12. The van der Waals surface area contributed by atoms with E-state index in [0.717, 1.165) is 11.1 Å². The molecule has 7 nitrogen and oxygen atoms in total. The summed E-state index contributed by atoms with van der Waals surface area (Å²) in [5.74, 6) is 0.162. The van der Waals surface area contributed by atoms with Crippen LogP contribution < -0.4 is 11.2 Å². The summed E-state index contributed by atoms with van der Waals surface area (Å²) < 4.78 is 4.26. The zero-order valence-electron chi connectivity index (χ0n) is 17.5. The molecule has 0 bridgehead atoms. The van der Waals surface area contributed by atoms with Gasteiger partial charge in [0.25, 0.3) is 5.56 Å². The largest absolute Gasteiger partial charge is 0.332 e. The number of benzene rings is 2. The first-order chi connectivity index (χ1) is 14.9. The Bertz CT molecular complexity index is 1380. The smallest absolute Gasteiger partial charge is 0.316 e. The third-order valence-corrected chi connectivity index (χ3v) is 6.24. The summed E-state index contributed by atoms with van der Waals surface area (Å²) in [6.45, 7) is 2.17. The Morgan fingerprint density at radius 1 is 0.968 bits per heavy atom. The Balaban J connectivity index is 1.70. The SMILES string of the molecule is Cc1ccc(Cn2c(=O)c3c(nc(SCC(=O)c4ccccc4)n3C)n(C)c2=O)cc1. The van der Waals surface area contributed by atoms with E-state index in [1.165, 1.54) is 20.9 Å². The molecule has 0 atom stereocenters. The Hall–Kier alpha value is -3.39. The number of carbonyl (C=O) groups excluding carboxylic acids is 1. The molecule has 8 heteroatoms. The second kappa shape index (κ2) is 8.39. The van der Waals surface area contributed by atoms with Gasteiger partial charge in [-0.3, -0.25) is 18.7 Å². The van der Waals surface area contributed by atoms with Crippen LogP contribution >= 0.6 is 11.8 Å². The number of ketones is 1. The maximum absolute atomic E-state index is 13.2. The number of Topliss-reactive ketones (excluding diaryl/α,β-unsaturated/α-hetero) is 1. The molecule has 0 aliphatic heterocycles. The molecule has 2 heterocycles. The van der Waals surface area contributed by atoms with Crippen LogP contribution in [0.3, 0.4) is 0 Å². The van der Waals surface area contributed by atoms with Gasteiger partial charge in [0.2, 0.25) is 0 Å². The number of nitrogens with zero attached hydrogens (tertiary/aromatic N) is 4. The molecule has 0 aliphatic rings. The number of hydrogen-bond donors (Lipinski definition) is 0. The first-order valence-electron chi connectivity index (χ1n) is 9.79. The highest BCUT2D eigenvalue weighted by Crippen LogP contribution is 2.21. The monoisotopic (exact) mass is 434 g/mol. The number of aromatic nitrogens is 4. The van der Waals surface area contributed by atoms with Crippen LogP contribution in [0, 0.1) is 6.92 Å². The van der Waals surface area contributed by atoms with Gasteiger partial charge in [0.1, 0.15) is 0 Å². The third-order valence-electron chi connectivity index (χ3n) is 5.21. The number of fused-ring (bicyclic) bond motifs is 1. The van der Waals surface area contributed by atoms with Gasteiger partial charge < -0.3 is 4.57 Å². The van der Waals surface area contributed by atoms with Crippen LogP contribution in [0.1, 0.15) is 21.5 Å². The molecule has 31 heavy (non-hydrogen) atoms. The summed E-state index contributed by atoms with van der Waals surface area (Å²) in [5.41, 5.74) is 2.44. The van der Waals surface area contributed by atoms with E-state index in [0.29, 0.717) is 21.9 Å². The number of aryl methyl sites for hydroxylation is 3. The van der Waals surface area contributed by atoms with E-state index in [1.54, 1.807) is 30.8 Å². The molecule has 0 amide bonds. The maximum Gasteiger partial charge on any atom is 0.332 e. The molecule has 0 unspecified atom stereocenters. The highest BCUT2D eigenvalue weighted by molar-refractivity contribution is 7.99. The zero-order valence-corrected chi connectivity index (χ0v) is 18.3. The van der Waals surface area contributed by atoms with Crippen molar-refractivity contribution in [2.24, 2.45) is 14.1 Å². The maximum atomic E-state index is 13.2. The zero-order chi connectivity index (χ0) is 22.1. The van der Waals surface area contributed by atoms with Crippen molar-refractivity contribution in [3.05, 3.63) is 92.1 Å². The van der Waals surface area contributed by atoms with Crippen LogP contribution in [0.2, 0.25) is 0 Å². The van der Waals surface area contributed by atoms with Crippen LogP contribution in [0.4, 0.5) is 0 Å². The third kappa shape index (κ3) is 3.98. The molecule has 0 saturated heterocycles. The van der Waals surface area contributed by atoms with Gasteiger partial charge in [-0.05, 0) is 12.5 Å². The van der Waals surface area contributed by atoms with Gasteiger partial charge in [0, 0.05) is 19.7 Å². The highest BCUT2D eigenvalue weighted by Gasteiger charge is 2.19. The van der Waals surface area contributed by atoms with E-state index >= 15 is 0 Å². The summed E-state index contributed by atoms with van der Waals surface area (Å²) in [4.78, 5) is 43.0. The van der Waals surface area contributed by atoms with Crippen molar-refractivity contribution < 1.29 is 4.79 Å². The van der Waals surface area contributed by atoms with E-state index in [2.05, 4.69) is 4.98 Å². The van der Waals surface area contributed by atoms with Crippen LogP contribution in [-0.4, -0.2) is 30.2 Å². The van der Waals surface area contributed by atoms with Gasteiger partial charge >= 0.3 is 5.69 Å². The standard InChI is InChI=1S/C23H22N4O3S/c1-15-9-11-16(12-10-15)13-27-21(29)19-20(26(3)23(27)30)24-22(25(19)2)31-14-18(28)17-7-5-4-6-8-17/h4-12H,13-14H2,1-3H3. The first kappa shape index (κ1) is 20.9. The molecule has 4 rings (SSSR count). The number of thioether (sulfide) groups is 1. The molecule has 158 valence electrons. The summed E-state index contributed by atoms with van der Waals surface area (Å²) in [7, 11) is 3.33. The minimum Gasteiger partial charge on any atom is -0.316 e. The lowest BCUT2D eigenvalue weighted by molar-refractivity contribution is 0.102. The molecule has 0 spiro atoms. The van der Waals surface area contributed by atoms with Crippen molar-refractivity contribution >= 4 is 28.7 Å². The van der Waals surface area contributed by atoms with Crippen molar-refractivity contribution in [3.63, 3.8) is 0 Å². The minimum absolute atomic E-state index is 0.0247. The van der Waals surface area contributed by atoms with Crippen LogP contribution in [0.15, 0.2) is 69.3 Å². The number of carbonyl (C=O) groups is 1. The molecule has 0 fully saturated rings. The summed E-state index contributed by atoms with van der Waals surface area (Å²) >= 11 is 1.25. The first-order valence-corrected chi connectivity index (χ1v) is 10.8. The Labute approximate surface area is 183 Å². The predicted octanol–water partition coefficient (Wildman–Crippen LogP) is 2.77. The lowest BCUT2D eigenvalue weighted by Gasteiger charge is -2.09. The molecule has 2 aromatic heterocycles. The fraction of sp³-hybridized carbons (Fsp3) is 0.217. The molecule has 0 N–H and O–H groups in total. The number of rotatable bonds is 6. The molecule has 2 aromatic carbocycles. The van der Waals surface area contributed by atoms with E-state index in [4.69, 9.17) is 0 Å². The van der Waals surface area contributed by atoms with E-state index in [-0.39, 0.29) is 18.1 Å². The topological polar surface area (TPSA) is 78.9 Å². The quantitative estimate of drug-likeness (QED) is 0.344. The van der Waals surface area contributed by atoms with Crippen molar-refractivity contribution in [2.75, 3.05) is 5.75 Å². The van der Waals surface area contributed by atoms with Gasteiger partial charge in [0.05, 0.1) is 12.3 Å². The van der Waals surface area contributed by atoms with Crippen LogP contribution in [0.25, 0.3) is 11.2 Å². The van der Waals surface area contributed by atoms with E-state index in [9.17, 15) is 14.4 Å².